The molecule has 1 N–H and O–H groups in total. The fourth-order valence-electron chi connectivity index (χ4n) is 3.74. The quantitative estimate of drug-likeness (QED) is 0.864. The number of amides is 2. The van der Waals surface area contributed by atoms with E-state index in [1.165, 1.54) is 37.0 Å². The maximum atomic E-state index is 12.4. The SMILES string of the molecule is Cc1nc(C)c(C(=O)N[C@@H]2CC(=O)N(C3CCCCCC3)C2)s1. The van der Waals surface area contributed by atoms with Crippen molar-refractivity contribution in [1.82, 2.24) is 15.2 Å². The number of nitrogens with zero attached hydrogens (tertiary/aromatic N) is 2. The summed E-state index contributed by atoms with van der Waals surface area (Å²) in [5, 5.41) is 3.93. The Morgan fingerprint density at radius 1 is 1.22 bits per heavy atom. The molecular formula is C17H25N3O2S. The Morgan fingerprint density at radius 2 is 1.91 bits per heavy atom. The Kier molecular flexibility index (Phi) is 4.99. The predicted octanol–water partition coefficient (Wildman–Crippen LogP) is 2.81. The van der Waals surface area contributed by atoms with Gasteiger partial charge in [0.2, 0.25) is 5.91 Å². The van der Waals surface area contributed by atoms with E-state index >= 15 is 0 Å². The second-order valence-electron chi connectivity index (χ2n) is 6.71. The molecule has 126 valence electrons. The van der Waals surface area contributed by atoms with Crippen molar-refractivity contribution in [3.63, 3.8) is 0 Å². The Balaban J connectivity index is 1.61. The van der Waals surface area contributed by atoms with E-state index in [9.17, 15) is 9.59 Å². The first-order valence-corrected chi connectivity index (χ1v) is 9.40. The number of carbonyl (C=O) groups excluding carboxylic acids is 2. The van der Waals surface area contributed by atoms with Crippen LogP contribution in [0.25, 0.3) is 0 Å². The molecule has 0 aromatic carbocycles. The van der Waals surface area contributed by atoms with Crippen molar-refractivity contribution in [1.29, 1.82) is 0 Å². The van der Waals surface area contributed by atoms with Crippen LogP contribution in [-0.4, -0.2) is 40.3 Å². The molecular weight excluding hydrogens is 310 g/mol. The van der Waals surface area contributed by atoms with Crippen molar-refractivity contribution < 1.29 is 9.59 Å². The summed E-state index contributed by atoms with van der Waals surface area (Å²) < 4.78 is 0. The molecule has 0 unspecified atom stereocenters. The number of aromatic nitrogens is 1. The lowest BCUT2D eigenvalue weighted by atomic mass is 10.1. The van der Waals surface area contributed by atoms with Gasteiger partial charge in [0, 0.05) is 19.0 Å². The van der Waals surface area contributed by atoms with Crippen LogP contribution in [0.1, 0.15) is 65.3 Å². The van der Waals surface area contributed by atoms with Crippen molar-refractivity contribution in [3.05, 3.63) is 15.6 Å². The van der Waals surface area contributed by atoms with E-state index in [1.807, 2.05) is 18.7 Å². The second kappa shape index (κ2) is 6.99. The molecule has 0 radical (unpaired) electrons. The highest BCUT2D eigenvalue weighted by Crippen LogP contribution is 2.26. The number of thiazole rings is 1. The molecule has 1 aliphatic heterocycles. The lowest BCUT2D eigenvalue weighted by molar-refractivity contribution is -0.129. The number of rotatable bonds is 3. The van der Waals surface area contributed by atoms with Crippen LogP contribution in [0.5, 0.6) is 0 Å². The average Bonchev–Trinajstić information content (AvgIpc) is 2.90. The highest BCUT2D eigenvalue weighted by molar-refractivity contribution is 7.13. The van der Waals surface area contributed by atoms with Crippen LogP contribution >= 0.6 is 11.3 Å². The van der Waals surface area contributed by atoms with Gasteiger partial charge in [-0.15, -0.1) is 11.3 Å². The molecule has 2 fully saturated rings. The van der Waals surface area contributed by atoms with Crippen molar-refractivity contribution >= 4 is 23.2 Å². The minimum absolute atomic E-state index is 0.0694. The zero-order valence-corrected chi connectivity index (χ0v) is 14.7. The van der Waals surface area contributed by atoms with Crippen LogP contribution in [0.3, 0.4) is 0 Å². The Hall–Kier alpha value is -1.43. The van der Waals surface area contributed by atoms with Crippen LogP contribution in [0, 0.1) is 13.8 Å². The van der Waals surface area contributed by atoms with Crippen LogP contribution < -0.4 is 5.32 Å². The highest BCUT2D eigenvalue weighted by atomic mass is 32.1. The predicted molar refractivity (Wildman–Crippen MR) is 90.7 cm³/mol. The molecule has 2 amide bonds. The summed E-state index contributed by atoms with van der Waals surface area (Å²) in [5.74, 6) is 0.105. The lowest BCUT2D eigenvalue weighted by Gasteiger charge is -2.27. The van der Waals surface area contributed by atoms with Crippen LogP contribution in [0.4, 0.5) is 0 Å². The molecule has 3 rings (SSSR count). The molecule has 1 saturated heterocycles. The molecule has 1 atom stereocenters. The fourth-order valence-corrected chi connectivity index (χ4v) is 4.57. The number of hydrogen-bond donors (Lipinski definition) is 1. The number of aryl methyl sites for hydroxylation is 2. The first-order valence-electron chi connectivity index (χ1n) is 8.59. The zero-order chi connectivity index (χ0) is 16.4. The minimum atomic E-state index is -0.0892. The molecule has 23 heavy (non-hydrogen) atoms. The number of carbonyl (C=O) groups is 2. The Labute approximate surface area is 141 Å². The Morgan fingerprint density at radius 3 is 2.52 bits per heavy atom. The van der Waals surface area contributed by atoms with Crippen molar-refractivity contribution in [3.8, 4) is 0 Å². The van der Waals surface area contributed by atoms with Gasteiger partial charge in [0.05, 0.1) is 16.7 Å². The van der Waals surface area contributed by atoms with Gasteiger partial charge in [-0.05, 0) is 26.7 Å². The van der Waals surface area contributed by atoms with E-state index in [-0.39, 0.29) is 17.9 Å². The van der Waals surface area contributed by atoms with Crippen LogP contribution in [-0.2, 0) is 4.79 Å². The molecule has 1 aromatic heterocycles. The topological polar surface area (TPSA) is 62.3 Å². The maximum absolute atomic E-state index is 12.4. The molecule has 6 heteroatoms. The van der Waals surface area contributed by atoms with Gasteiger partial charge in [-0.25, -0.2) is 4.98 Å². The third-order valence-electron chi connectivity index (χ3n) is 4.87. The standard InChI is InChI=1S/C17H25N3O2S/c1-11-16(23-12(2)18-11)17(22)19-13-9-15(21)20(10-13)14-7-5-3-4-6-8-14/h13-14H,3-10H2,1-2H3,(H,19,22)/t13-/m1/s1. The number of hydrogen-bond acceptors (Lipinski definition) is 4. The molecule has 2 aliphatic rings. The third-order valence-corrected chi connectivity index (χ3v) is 5.94. The first kappa shape index (κ1) is 16.4. The fraction of sp³-hybridized carbons (Fsp3) is 0.706. The van der Waals surface area contributed by atoms with Gasteiger partial charge in [-0.2, -0.15) is 0 Å². The van der Waals surface area contributed by atoms with Crippen molar-refractivity contribution in [2.75, 3.05) is 6.54 Å². The van der Waals surface area contributed by atoms with E-state index in [2.05, 4.69) is 10.3 Å². The van der Waals surface area contributed by atoms with Gasteiger partial charge in [0.15, 0.2) is 0 Å². The molecule has 0 spiro atoms. The van der Waals surface area contributed by atoms with Crippen molar-refractivity contribution in [2.24, 2.45) is 0 Å². The van der Waals surface area contributed by atoms with Crippen LogP contribution in [0.2, 0.25) is 0 Å². The zero-order valence-electron chi connectivity index (χ0n) is 13.9. The maximum Gasteiger partial charge on any atom is 0.263 e. The molecule has 1 aliphatic carbocycles. The lowest BCUT2D eigenvalue weighted by Crippen LogP contribution is -2.40. The van der Waals surface area contributed by atoms with Gasteiger partial charge in [0.25, 0.3) is 5.91 Å². The largest absolute Gasteiger partial charge is 0.346 e. The van der Waals surface area contributed by atoms with E-state index < -0.39 is 0 Å². The smallest absolute Gasteiger partial charge is 0.263 e. The summed E-state index contributed by atoms with van der Waals surface area (Å²) in [5.41, 5.74) is 0.773. The number of likely N-dealkylation sites (tertiary alicyclic amines) is 1. The van der Waals surface area contributed by atoms with Crippen LogP contribution in [0.15, 0.2) is 0 Å². The van der Waals surface area contributed by atoms with Crippen molar-refractivity contribution in [2.45, 2.75) is 70.9 Å². The van der Waals surface area contributed by atoms with Gasteiger partial charge in [-0.3, -0.25) is 9.59 Å². The molecule has 1 aromatic rings. The molecule has 2 heterocycles. The summed E-state index contributed by atoms with van der Waals surface area (Å²) in [7, 11) is 0. The minimum Gasteiger partial charge on any atom is -0.346 e. The monoisotopic (exact) mass is 335 g/mol. The third kappa shape index (κ3) is 3.74. The van der Waals surface area contributed by atoms with E-state index in [1.54, 1.807) is 0 Å². The summed E-state index contributed by atoms with van der Waals surface area (Å²) >= 11 is 1.42. The van der Waals surface area contributed by atoms with Gasteiger partial charge in [-0.1, -0.05) is 25.7 Å². The van der Waals surface area contributed by atoms with E-state index in [0.29, 0.717) is 23.9 Å². The van der Waals surface area contributed by atoms with Gasteiger partial charge >= 0.3 is 0 Å². The summed E-state index contributed by atoms with van der Waals surface area (Å²) in [6.07, 6.45) is 7.64. The normalized spacial score (nSPS) is 23.1. The highest BCUT2D eigenvalue weighted by Gasteiger charge is 2.35. The first-order chi connectivity index (χ1) is 11.0. The number of nitrogens with one attached hydrogen (secondary N) is 1. The molecule has 5 nitrogen and oxygen atoms in total. The summed E-state index contributed by atoms with van der Waals surface area (Å²) in [6, 6.07) is 0.305. The Bertz CT molecular complexity index is 591. The average molecular weight is 335 g/mol. The summed E-state index contributed by atoms with van der Waals surface area (Å²) in [4.78, 5) is 31.7. The van der Waals surface area contributed by atoms with Gasteiger partial charge < -0.3 is 10.2 Å². The van der Waals surface area contributed by atoms with Gasteiger partial charge in [0.1, 0.15) is 4.88 Å². The molecule has 1 saturated carbocycles. The molecule has 0 bridgehead atoms. The summed E-state index contributed by atoms with van der Waals surface area (Å²) in [6.45, 7) is 4.42. The van der Waals surface area contributed by atoms with E-state index in [0.717, 1.165) is 23.5 Å². The second-order valence-corrected chi connectivity index (χ2v) is 7.92. The van der Waals surface area contributed by atoms with E-state index in [4.69, 9.17) is 0 Å².